The van der Waals surface area contributed by atoms with Gasteiger partial charge in [0, 0.05) is 32.0 Å². The standard InChI is InChI=1S/C17H27N3O/c1-3-4-5-16-11-20(12-17(21-16)14-6-7-14)10-15-9-18-13(2)8-19-15/h8-9,14,16-17H,3-7,10-12H2,1-2H3/t16-,17-/m1/s1. The second kappa shape index (κ2) is 6.84. The average Bonchev–Trinajstić information content (AvgIpc) is 3.32. The predicted molar refractivity (Wildman–Crippen MR) is 83.0 cm³/mol. The van der Waals surface area contributed by atoms with Crippen LogP contribution in [-0.2, 0) is 11.3 Å². The zero-order chi connectivity index (χ0) is 14.7. The Hall–Kier alpha value is -1.00. The molecule has 4 nitrogen and oxygen atoms in total. The fraction of sp³-hybridized carbons (Fsp3) is 0.765. The predicted octanol–water partition coefficient (Wildman–Crippen LogP) is 2.95. The third kappa shape index (κ3) is 4.24. The SMILES string of the molecule is CCCC[C@@H]1CN(Cc2cnc(C)cn2)C[C@H](C2CC2)O1. The summed E-state index contributed by atoms with van der Waals surface area (Å²) in [5.74, 6) is 0.807. The highest BCUT2D eigenvalue weighted by Gasteiger charge is 2.38. The maximum absolute atomic E-state index is 6.32. The van der Waals surface area contributed by atoms with Crippen LogP contribution in [0.5, 0.6) is 0 Å². The van der Waals surface area contributed by atoms with E-state index >= 15 is 0 Å². The Morgan fingerprint density at radius 3 is 2.76 bits per heavy atom. The fourth-order valence-corrected chi connectivity index (χ4v) is 3.13. The van der Waals surface area contributed by atoms with Gasteiger partial charge in [-0.1, -0.05) is 19.8 Å². The highest BCUT2D eigenvalue weighted by atomic mass is 16.5. The van der Waals surface area contributed by atoms with Crippen molar-refractivity contribution < 1.29 is 4.74 Å². The molecule has 1 saturated carbocycles. The molecule has 4 heteroatoms. The summed E-state index contributed by atoms with van der Waals surface area (Å²) in [6.07, 6.45) is 11.0. The maximum atomic E-state index is 6.32. The van der Waals surface area contributed by atoms with Crippen LogP contribution in [0.1, 0.15) is 50.4 Å². The molecule has 1 aromatic rings. The zero-order valence-electron chi connectivity index (χ0n) is 13.3. The Balaban J connectivity index is 1.60. The van der Waals surface area contributed by atoms with Crippen molar-refractivity contribution in [3.8, 4) is 0 Å². The molecule has 2 aliphatic rings. The molecule has 0 radical (unpaired) electrons. The monoisotopic (exact) mass is 289 g/mol. The van der Waals surface area contributed by atoms with E-state index in [1.165, 1.54) is 32.1 Å². The van der Waals surface area contributed by atoms with E-state index in [1.54, 1.807) is 0 Å². The van der Waals surface area contributed by atoms with Crippen molar-refractivity contribution in [2.45, 2.75) is 64.7 Å². The van der Waals surface area contributed by atoms with Crippen molar-refractivity contribution in [2.75, 3.05) is 13.1 Å². The van der Waals surface area contributed by atoms with Gasteiger partial charge in [-0.05, 0) is 32.1 Å². The van der Waals surface area contributed by atoms with E-state index in [9.17, 15) is 0 Å². The lowest BCUT2D eigenvalue weighted by molar-refractivity contribution is -0.0996. The van der Waals surface area contributed by atoms with Gasteiger partial charge in [0.25, 0.3) is 0 Å². The normalized spacial score (nSPS) is 27.0. The van der Waals surface area contributed by atoms with Gasteiger partial charge in [-0.15, -0.1) is 0 Å². The molecule has 0 aromatic carbocycles. The Morgan fingerprint density at radius 1 is 1.24 bits per heavy atom. The molecule has 1 saturated heterocycles. The van der Waals surface area contributed by atoms with Crippen molar-refractivity contribution in [1.29, 1.82) is 0 Å². The van der Waals surface area contributed by atoms with E-state index in [4.69, 9.17) is 4.74 Å². The van der Waals surface area contributed by atoms with E-state index in [0.29, 0.717) is 12.2 Å². The van der Waals surface area contributed by atoms with Crippen LogP contribution in [0.2, 0.25) is 0 Å². The Morgan fingerprint density at radius 2 is 2.10 bits per heavy atom. The molecule has 0 amide bonds. The van der Waals surface area contributed by atoms with Gasteiger partial charge in [-0.2, -0.15) is 0 Å². The third-order valence-corrected chi connectivity index (χ3v) is 4.51. The van der Waals surface area contributed by atoms with Crippen molar-refractivity contribution in [1.82, 2.24) is 14.9 Å². The number of morpholine rings is 1. The fourth-order valence-electron chi connectivity index (χ4n) is 3.13. The smallest absolute Gasteiger partial charge is 0.0734 e. The van der Waals surface area contributed by atoms with E-state index in [0.717, 1.165) is 36.9 Å². The first kappa shape index (κ1) is 14.9. The third-order valence-electron chi connectivity index (χ3n) is 4.51. The summed E-state index contributed by atoms with van der Waals surface area (Å²) in [4.78, 5) is 11.4. The molecular formula is C17H27N3O. The summed E-state index contributed by atoms with van der Waals surface area (Å²) in [6, 6.07) is 0. The van der Waals surface area contributed by atoms with E-state index < -0.39 is 0 Å². The van der Waals surface area contributed by atoms with Gasteiger partial charge in [-0.3, -0.25) is 14.9 Å². The average molecular weight is 289 g/mol. The molecule has 1 aliphatic carbocycles. The molecule has 0 spiro atoms. The van der Waals surface area contributed by atoms with Crippen LogP contribution in [0.25, 0.3) is 0 Å². The van der Waals surface area contributed by atoms with Gasteiger partial charge in [0.1, 0.15) is 0 Å². The number of aromatic nitrogens is 2. The van der Waals surface area contributed by atoms with Crippen molar-refractivity contribution in [2.24, 2.45) is 5.92 Å². The largest absolute Gasteiger partial charge is 0.372 e. The summed E-state index contributed by atoms with van der Waals surface area (Å²) in [7, 11) is 0. The summed E-state index contributed by atoms with van der Waals surface area (Å²) < 4.78 is 6.32. The molecule has 2 atom stereocenters. The second-order valence-electron chi connectivity index (χ2n) is 6.62. The zero-order valence-corrected chi connectivity index (χ0v) is 13.3. The molecule has 2 fully saturated rings. The lowest BCUT2D eigenvalue weighted by Crippen LogP contribution is -2.48. The summed E-state index contributed by atoms with van der Waals surface area (Å²) in [5.41, 5.74) is 2.06. The van der Waals surface area contributed by atoms with Crippen molar-refractivity contribution in [3.05, 3.63) is 23.8 Å². The molecule has 1 aliphatic heterocycles. The van der Waals surface area contributed by atoms with Crippen LogP contribution in [0.4, 0.5) is 0 Å². The number of ether oxygens (including phenoxy) is 1. The minimum atomic E-state index is 0.405. The molecule has 116 valence electrons. The van der Waals surface area contributed by atoms with E-state index in [2.05, 4.69) is 21.8 Å². The quantitative estimate of drug-likeness (QED) is 0.807. The van der Waals surface area contributed by atoms with E-state index in [-0.39, 0.29) is 0 Å². The molecule has 3 rings (SSSR count). The molecule has 1 aromatic heterocycles. The summed E-state index contributed by atoms with van der Waals surface area (Å²) in [6.45, 7) is 7.24. The number of aryl methyl sites for hydroxylation is 1. The van der Waals surface area contributed by atoms with Gasteiger partial charge in [-0.25, -0.2) is 0 Å². The van der Waals surface area contributed by atoms with Crippen molar-refractivity contribution >= 4 is 0 Å². The number of hydrogen-bond donors (Lipinski definition) is 0. The Bertz CT molecular complexity index is 444. The van der Waals surface area contributed by atoms with Gasteiger partial charge in [0.15, 0.2) is 0 Å². The number of rotatable bonds is 6. The number of nitrogens with zero attached hydrogens (tertiary/aromatic N) is 3. The van der Waals surface area contributed by atoms with Crippen LogP contribution in [0.15, 0.2) is 12.4 Å². The van der Waals surface area contributed by atoms with Crippen LogP contribution in [0.3, 0.4) is 0 Å². The Labute approximate surface area is 127 Å². The number of hydrogen-bond acceptors (Lipinski definition) is 4. The molecule has 2 heterocycles. The van der Waals surface area contributed by atoms with Gasteiger partial charge >= 0.3 is 0 Å². The molecule has 21 heavy (non-hydrogen) atoms. The minimum Gasteiger partial charge on any atom is -0.372 e. The van der Waals surface area contributed by atoms with Crippen LogP contribution < -0.4 is 0 Å². The summed E-state index contributed by atoms with van der Waals surface area (Å²) >= 11 is 0. The summed E-state index contributed by atoms with van der Waals surface area (Å²) in [5, 5.41) is 0. The van der Waals surface area contributed by atoms with Crippen LogP contribution in [0, 0.1) is 12.8 Å². The minimum absolute atomic E-state index is 0.405. The van der Waals surface area contributed by atoms with Gasteiger partial charge < -0.3 is 4.74 Å². The molecular weight excluding hydrogens is 262 g/mol. The first-order chi connectivity index (χ1) is 10.2. The lowest BCUT2D eigenvalue weighted by Gasteiger charge is -2.38. The highest BCUT2D eigenvalue weighted by molar-refractivity contribution is 5.01. The van der Waals surface area contributed by atoms with Crippen LogP contribution in [-0.4, -0.2) is 40.2 Å². The Kier molecular flexibility index (Phi) is 4.86. The van der Waals surface area contributed by atoms with Gasteiger partial charge in [0.05, 0.1) is 23.6 Å². The second-order valence-corrected chi connectivity index (χ2v) is 6.62. The maximum Gasteiger partial charge on any atom is 0.0734 e. The highest BCUT2D eigenvalue weighted by Crippen LogP contribution is 2.37. The molecule has 0 N–H and O–H groups in total. The van der Waals surface area contributed by atoms with E-state index in [1.807, 2.05) is 19.3 Å². The topological polar surface area (TPSA) is 38.2 Å². The number of unbranched alkanes of at least 4 members (excludes halogenated alkanes) is 1. The lowest BCUT2D eigenvalue weighted by atomic mass is 10.1. The first-order valence-corrected chi connectivity index (χ1v) is 8.40. The van der Waals surface area contributed by atoms with Gasteiger partial charge in [0.2, 0.25) is 0 Å². The van der Waals surface area contributed by atoms with Crippen LogP contribution >= 0.6 is 0 Å². The first-order valence-electron chi connectivity index (χ1n) is 8.40. The molecule has 0 unspecified atom stereocenters. The molecule has 0 bridgehead atoms. The van der Waals surface area contributed by atoms with Crippen molar-refractivity contribution in [3.63, 3.8) is 0 Å².